The van der Waals surface area contributed by atoms with Gasteiger partial charge < -0.3 is 14.2 Å². The fourth-order valence-electron chi connectivity index (χ4n) is 4.42. The fraction of sp³-hybridized carbons (Fsp3) is 0.500. The first-order valence-electron chi connectivity index (χ1n) is 10.7. The summed E-state index contributed by atoms with van der Waals surface area (Å²) in [6, 6.07) is 5.35. The minimum absolute atomic E-state index is 0.0426. The van der Waals surface area contributed by atoms with Crippen LogP contribution in [0, 0.1) is 19.8 Å². The zero-order valence-electron chi connectivity index (χ0n) is 18.0. The van der Waals surface area contributed by atoms with Gasteiger partial charge in [0.15, 0.2) is 0 Å². The van der Waals surface area contributed by atoms with Crippen LogP contribution in [0.2, 0.25) is 0 Å². The third-order valence-electron chi connectivity index (χ3n) is 6.37. The smallest absolute Gasteiger partial charge is 0.269 e. The Morgan fingerprint density at radius 1 is 1.23 bits per heavy atom. The first-order valence-corrected chi connectivity index (χ1v) is 10.7. The van der Waals surface area contributed by atoms with Crippen LogP contribution in [0.3, 0.4) is 0 Å². The number of rotatable bonds is 5. The van der Waals surface area contributed by atoms with Gasteiger partial charge in [0.2, 0.25) is 0 Å². The van der Waals surface area contributed by atoms with Crippen molar-refractivity contribution in [1.29, 1.82) is 0 Å². The molecule has 5 rings (SSSR count). The lowest BCUT2D eigenvalue weighted by Gasteiger charge is -2.48. The largest absolute Gasteiger partial charge is 0.371 e. The van der Waals surface area contributed by atoms with Crippen LogP contribution in [0.15, 0.2) is 33.7 Å². The SMILES string of the molecule is CC[C@@H]1COC2(C1)CN(c1cnn(Cc3c(-c4ccc(C)nn4)noc3C)c(=O)c1)C2. The van der Waals surface area contributed by atoms with E-state index >= 15 is 0 Å². The van der Waals surface area contributed by atoms with E-state index in [1.807, 2.05) is 26.0 Å². The lowest BCUT2D eigenvalue weighted by Crippen LogP contribution is -2.62. The summed E-state index contributed by atoms with van der Waals surface area (Å²) < 4.78 is 12.8. The average Bonchev–Trinajstić information content (AvgIpc) is 3.33. The molecular weight excluding hydrogens is 396 g/mol. The first-order chi connectivity index (χ1) is 15.0. The maximum atomic E-state index is 12.8. The summed E-state index contributed by atoms with van der Waals surface area (Å²) in [6.45, 7) is 8.63. The molecule has 3 aromatic heterocycles. The van der Waals surface area contributed by atoms with Crippen LogP contribution in [0.25, 0.3) is 11.4 Å². The molecule has 162 valence electrons. The van der Waals surface area contributed by atoms with Gasteiger partial charge in [0.1, 0.15) is 22.7 Å². The zero-order chi connectivity index (χ0) is 21.6. The first kappa shape index (κ1) is 19.9. The monoisotopic (exact) mass is 422 g/mol. The summed E-state index contributed by atoms with van der Waals surface area (Å²) in [5.41, 5.74) is 3.40. The van der Waals surface area contributed by atoms with Gasteiger partial charge in [0.25, 0.3) is 5.56 Å². The van der Waals surface area contributed by atoms with Crippen LogP contribution in [0.5, 0.6) is 0 Å². The van der Waals surface area contributed by atoms with Crippen LogP contribution in [0.1, 0.15) is 36.8 Å². The number of nitrogens with zero attached hydrogens (tertiary/aromatic N) is 6. The molecule has 3 aromatic rings. The summed E-state index contributed by atoms with van der Waals surface area (Å²) in [5.74, 6) is 1.27. The molecule has 0 N–H and O–H groups in total. The van der Waals surface area contributed by atoms with Crippen LogP contribution >= 0.6 is 0 Å². The van der Waals surface area contributed by atoms with Crippen molar-refractivity contribution in [3.63, 3.8) is 0 Å². The van der Waals surface area contributed by atoms with Gasteiger partial charge in [-0.15, -0.1) is 5.10 Å². The lowest BCUT2D eigenvalue weighted by molar-refractivity contribution is -0.0187. The van der Waals surface area contributed by atoms with Crippen molar-refractivity contribution in [2.24, 2.45) is 5.92 Å². The summed E-state index contributed by atoms with van der Waals surface area (Å²) in [4.78, 5) is 15.0. The number of hydrogen-bond donors (Lipinski definition) is 0. The molecule has 0 aliphatic carbocycles. The van der Waals surface area contributed by atoms with Crippen LogP contribution in [-0.2, 0) is 11.3 Å². The van der Waals surface area contributed by atoms with Crippen molar-refractivity contribution in [3.05, 3.63) is 51.8 Å². The van der Waals surface area contributed by atoms with E-state index in [0.29, 0.717) is 23.1 Å². The van der Waals surface area contributed by atoms with E-state index < -0.39 is 0 Å². The Balaban J connectivity index is 1.33. The second kappa shape index (κ2) is 7.56. The van der Waals surface area contributed by atoms with Gasteiger partial charge in [-0.2, -0.15) is 10.2 Å². The third-order valence-corrected chi connectivity index (χ3v) is 6.37. The predicted octanol–water partition coefficient (Wildman–Crippen LogP) is 2.36. The van der Waals surface area contributed by atoms with Crippen molar-refractivity contribution in [3.8, 4) is 11.4 Å². The molecule has 0 amide bonds. The third kappa shape index (κ3) is 3.63. The van der Waals surface area contributed by atoms with Gasteiger partial charge in [-0.25, -0.2) is 4.68 Å². The number of anilines is 1. The van der Waals surface area contributed by atoms with Crippen molar-refractivity contribution >= 4 is 5.69 Å². The Morgan fingerprint density at radius 2 is 2.06 bits per heavy atom. The Bertz CT molecular complexity index is 1150. The maximum absolute atomic E-state index is 12.8. The Morgan fingerprint density at radius 3 is 2.74 bits per heavy atom. The van der Waals surface area contributed by atoms with E-state index in [0.717, 1.165) is 49.5 Å². The van der Waals surface area contributed by atoms with Crippen molar-refractivity contribution in [1.82, 2.24) is 25.1 Å². The molecule has 9 heteroatoms. The van der Waals surface area contributed by atoms with Crippen LogP contribution in [-0.4, -0.2) is 50.4 Å². The maximum Gasteiger partial charge on any atom is 0.269 e. The van der Waals surface area contributed by atoms with Crippen molar-refractivity contribution < 1.29 is 9.26 Å². The second-order valence-electron chi connectivity index (χ2n) is 8.66. The molecule has 2 saturated heterocycles. The highest BCUT2D eigenvalue weighted by Gasteiger charge is 2.49. The van der Waals surface area contributed by atoms with Gasteiger partial charge in [-0.1, -0.05) is 18.5 Å². The topological polar surface area (TPSA) is 99.2 Å². The van der Waals surface area contributed by atoms with Crippen LogP contribution < -0.4 is 10.5 Å². The van der Waals surface area contributed by atoms with Crippen LogP contribution in [0.4, 0.5) is 5.69 Å². The zero-order valence-corrected chi connectivity index (χ0v) is 18.0. The molecule has 2 aliphatic heterocycles. The Hall–Kier alpha value is -3.07. The van der Waals surface area contributed by atoms with Gasteiger partial charge in [-0.3, -0.25) is 4.79 Å². The van der Waals surface area contributed by atoms with E-state index in [4.69, 9.17) is 9.26 Å². The van der Waals surface area contributed by atoms with Gasteiger partial charge in [0, 0.05) is 24.7 Å². The highest BCUT2D eigenvalue weighted by molar-refractivity contribution is 5.58. The van der Waals surface area contributed by atoms with E-state index in [-0.39, 0.29) is 17.7 Å². The molecule has 1 spiro atoms. The number of ether oxygens (including phenoxy) is 1. The standard InChI is InChI=1S/C22H26N6O3/c1-4-16-8-22(30-11-16)12-27(13-22)17-7-20(29)28(23-9-17)10-18-15(3)31-26-21(18)19-6-5-14(2)24-25-19/h5-7,9,16H,4,8,10-13H2,1-3H3/t16-/m0/s1. The normalized spacial score (nSPS) is 19.7. The second-order valence-corrected chi connectivity index (χ2v) is 8.66. The Labute approximate surface area is 180 Å². The molecule has 2 aliphatic rings. The number of aromatic nitrogens is 5. The number of hydrogen-bond acceptors (Lipinski definition) is 8. The quantitative estimate of drug-likeness (QED) is 0.618. The molecule has 9 nitrogen and oxygen atoms in total. The Kier molecular flexibility index (Phi) is 4.85. The molecule has 2 fully saturated rings. The van der Waals surface area contributed by atoms with E-state index in [1.54, 1.807) is 12.3 Å². The molecule has 5 heterocycles. The molecule has 0 bridgehead atoms. The highest BCUT2D eigenvalue weighted by atomic mass is 16.5. The van der Waals surface area contributed by atoms with Gasteiger partial charge in [-0.05, 0) is 38.3 Å². The van der Waals surface area contributed by atoms with E-state index in [1.165, 1.54) is 4.68 Å². The molecule has 1 atom stereocenters. The summed E-state index contributed by atoms with van der Waals surface area (Å²) >= 11 is 0. The summed E-state index contributed by atoms with van der Waals surface area (Å²) in [5, 5.41) is 16.8. The minimum Gasteiger partial charge on any atom is -0.371 e. The van der Waals surface area contributed by atoms with Crippen molar-refractivity contribution in [2.75, 3.05) is 24.6 Å². The molecular formula is C22H26N6O3. The molecule has 0 aromatic carbocycles. The predicted molar refractivity (Wildman–Crippen MR) is 114 cm³/mol. The molecule has 0 unspecified atom stereocenters. The number of aryl methyl sites for hydroxylation is 2. The molecule has 0 radical (unpaired) electrons. The van der Waals surface area contributed by atoms with Gasteiger partial charge in [0.05, 0.1) is 30.7 Å². The van der Waals surface area contributed by atoms with E-state index in [2.05, 4.69) is 32.3 Å². The highest BCUT2D eigenvalue weighted by Crippen LogP contribution is 2.40. The van der Waals surface area contributed by atoms with Crippen molar-refractivity contribution in [2.45, 2.75) is 45.8 Å². The fourth-order valence-corrected chi connectivity index (χ4v) is 4.42. The molecule has 31 heavy (non-hydrogen) atoms. The average molecular weight is 422 g/mol. The molecule has 0 saturated carbocycles. The summed E-state index contributed by atoms with van der Waals surface area (Å²) in [7, 11) is 0. The lowest BCUT2D eigenvalue weighted by atomic mass is 9.86. The summed E-state index contributed by atoms with van der Waals surface area (Å²) in [6.07, 6.45) is 3.99. The minimum atomic E-state index is -0.168. The van der Waals surface area contributed by atoms with Gasteiger partial charge >= 0.3 is 0 Å². The van der Waals surface area contributed by atoms with E-state index in [9.17, 15) is 4.79 Å².